The van der Waals surface area contributed by atoms with Crippen molar-refractivity contribution in [2.24, 2.45) is 0 Å². The van der Waals surface area contributed by atoms with E-state index in [0.29, 0.717) is 17.0 Å². The van der Waals surface area contributed by atoms with Crippen LogP contribution in [0.25, 0.3) is 6.08 Å². The van der Waals surface area contributed by atoms with Crippen LogP contribution in [0.15, 0.2) is 41.3 Å². The molecule has 0 atom stereocenters. The number of benzene rings is 2. The second kappa shape index (κ2) is 11.4. The van der Waals surface area contributed by atoms with Gasteiger partial charge < -0.3 is 14.8 Å². The largest absolute Gasteiger partial charge is 0.482 e. The Morgan fingerprint density at radius 2 is 1.89 bits per heavy atom. The second-order valence-electron chi connectivity index (χ2n) is 8.15. The van der Waals surface area contributed by atoms with E-state index >= 15 is 0 Å². The average molecular weight is 517 g/mol. The molecule has 0 bridgehead atoms. The number of aryl methyl sites for hydroxylation is 2. The standard InChI is InChI=1S/C25H25ClN2O6S/c1-14(2)34-23(30)12-28-24(31)21(35-25(28)32)11-17-7-8-20(18(26)10-17)33-13-22(29)27-19-9-15(3)5-6-16(19)4/h5-11,14H,12-13H2,1-4H3,(H,27,29)/b21-11-. The number of carbonyl (C=O) groups excluding carboxylic acids is 4. The summed E-state index contributed by atoms with van der Waals surface area (Å²) in [7, 11) is 0. The lowest BCUT2D eigenvalue weighted by Crippen LogP contribution is -2.35. The molecule has 10 heteroatoms. The van der Waals surface area contributed by atoms with Crippen molar-refractivity contribution in [3.8, 4) is 5.75 Å². The van der Waals surface area contributed by atoms with Gasteiger partial charge in [-0.15, -0.1) is 0 Å². The van der Waals surface area contributed by atoms with E-state index in [2.05, 4.69) is 5.32 Å². The van der Waals surface area contributed by atoms with E-state index in [1.54, 1.807) is 32.0 Å². The summed E-state index contributed by atoms with van der Waals surface area (Å²) in [5.41, 5.74) is 3.23. The van der Waals surface area contributed by atoms with Crippen LogP contribution in [0.4, 0.5) is 10.5 Å². The van der Waals surface area contributed by atoms with E-state index in [-0.39, 0.29) is 28.5 Å². The van der Waals surface area contributed by atoms with Gasteiger partial charge in [-0.05, 0) is 80.4 Å². The molecular weight excluding hydrogens is 492 g/mol. The van der Waals surface area contributed by atoms with Gasteiger partial charge in [0.15, 0.2) is 6.61 Å². The highest BCUT2D eigenvalue weighted by Crippen LogP contribution is 2.33. The van der Waals surface area contributed by atoms with Crippen LogP contribution in [0.5, 0.6) is 5.75 Å². The van der Waals surface area contributed by atoms with Crippen molar-refractivity contribution < 1.29 is 28.7 Å². The van der Waals surface area contributed by atoms with Crippen molar-refractivity contribution in [1.82, 2.24) is 4.90 Å². The topological polar surface area (TPSA) is 102 Å². The Hall–Kier alpha value is -3.30. The molecule has 3 amide bonds. The molecule has 0 spiro atoms. The van der Waals surface area contributed by atoms with E-state index in [1.807, 2.05) is 32.0 Å². The van der Waals surface area contributed by atoms with Crippen LogP contribution in [-0.2, 0) is 19.1 Å². The molecule has 1 N–H and O–H groups in total. The fourth-order valence-electron chi connectivity index (χ4n) is 3.14. The third-order valence-electron chi connectivity index (χ3n) is 4.81. The van der Waals surface area contributed by atoms with Crippen LogP contribution in [0.1, 0.15) is 30.5 Å². The summed E-state index contributed by atoms with van der Waals surface area (Å²) in [5, 5.41) is 2.49. The van der Waals surface area contributed by atoms with Crippen LogP contribution in [0, 0.1) is 13.8 Å². The zero-order chi connectivity index (χ0) is 25.7. The molecule has 1 fully saturated rings. The normalized spacial score (nSPS) is 14.6. The summed E-state index contributed by atoms with van der Waals surface area (Å²) >= 11 is 7.03. The number of anilines is 1. The van der Waals surface area contributed by atoms with Gasteiger partial charge in [-0.2, -0.15) is 0 Å². The minimum atomic E-state index is -0.658. The van der Waals surface area contributed by atoms with Crippen LogP contribution in [-0.4, -0.2) is 47.2 Å². The number of rotatable bonds is 8. The summed E-state index contributed by atoms with van der Waals surface area (Å²) in [5.74, 6) is -1.28. The number of ether oxygens (including phenoxy) is 2. The molecule has 184 valence electrons. The smallest absolute Gasteiger partial charge is 0.326 e. The van der Waals surface area contributed by atoms with Crippen molar-refractivity contribution in [2.75, 3.05) is 18.5 Å². The lowest BCUT2D eigenvalue weighted by molar-refractivity contribution is -0.149. The van der Waals surface area contributed by atoms with Crippen molar-refractivity contribution >= 4 is 58.1 Å². The molecule has 35 heavy (non-hydrogen) atoms. The van der Waals surface area contributed by atoms with E-state index in [9.17, 15) is 19.2 Å². The molecule has 0 unspecified atom stereocenters. The first-order valence-corrected chi connectivity index (χ1v) is 12.0. The quantitative estimate of drug-likeness (QED) is 0.390. The summed E-state index contributed by atoms with van der Waals surface area (Å²) in [6.07, 6.45) is 1.15. The molecule has 0 saturated carbocycles. The highest BCUT2D eigenvalue weighted by molar-refractivity contribution is 8.18. The zero-order valence-electron chi connectivity index (χ0n) is 19.7. The molecule has 0 aromatic heterocycles. The second-order valence-corrected chi connectivity index (χ2v) is 9.55. The molecular formula is C25H25ClN2O6S. The Balaban J connectivity index is 1.62. The molecule has 8 nitrogen and oxygen atoms in total. The van der Waals surface area contributed by atoms with Crippen LogP contribution >= 0.6 is 23.4 Å². The number of amides is 3. The van der Waals surface area contributed by atoms with E-state index < -0.39 is 23.7 Å². The Bertz CT molecular complexity index is 1210. The molecule has 2 aromatic rings. The zero-order valence-corrected chi connectivity index (χ0v) is 21.3. The minimum Gasteiger partial charge on any atom is -0.482 e. The van der Waals surface area contributed by atoms with Crippen molar-refractivity contribution in [3.63, 3.8) is 0 Å². The molecule has 1 aliphatic heterocycles. The number of halogens is 1. The summed E-state index contributed by atoms with van der Waals surface area (Å²) in [6, 6.07) is 10.5. The predicted octanol–water partition coefficient (Wildman–Crippen LogP) is 4.96. The van der Waals surface area contributed by atoms with Crippen LogP contribution < -0.4 is 10.1 Å². The molecule has 3 rings (SSSR count). The lowest BCUT2D eigenvalue weighted by atomic mass is 10.1. The first-order chi connectivity index (χ1) is 16.5. The van der Waals surface area contributed by atoms with Gasteiger partial charge in [0.05, 0.1) is 16.0 Å². The van der Waals surface area contributed by atoms with Crippen molar-refractivity contribution in [3.05, 3.63) is 63.0 Å². The molecule has 0 radical (unpaired) electrons. The maximum atomic E-state index is 12.6. The number of imide groups is 1. The number of thioether (sulfide) groups is 1. The monoisotopic (exact) mass is 516 g/mol. The van der Waals surface area contributed by atoms with Gasteiger partial charge in [0.2, 0.25) is 0 Å². The summed E-state index contributed by atoms with van der Waals surface area (Å²) < 4.78 is 10.5. The number of hydrogen-bond acceptors (Lipinski definition) is 7. The van der Waals surface area contributed by atoms with Crippen LogP contribution in [0.3, 0.4) is 0 Å². The predicted molar refractivity (Wildman–Crippen MR) is 135 cm³/mol. The number of carbonyl (C=O) groups is 4. The maximum Gasteiger partial charge on any atom is 0.326 e. The highest BCUT2D eigenvalue weighted by Gasteiger charge is 2.36. The van der Waals surface area contributed by atoms with Crippen LogP contribution in [0.2, 0.25) is 5.02 Å². The highest BCUT2D eigenvalue weighted by atomic mass is 35.5. The molecule has 1 aliphatic rings. The van der Waals surface area contributed by atoms with Gasteiger partial charge in [-0.25, -0.2) is 0 Å². The lowest BCUT2D eigenvalue weighted by Gasteiger charge is -2.13. The van der Waals surface area contributed by atoms with Gasteiger partial charge in [0.1, 0.15) is 12.3 Å². The van der Waals surface area contributed by atoms with Crippen molar-refractivity contribution in [1.29, 1.82) is 0 Å². The number of nitrogens with zero attached hydrogens (tertiary/aromatic N) is 1. The third kappa shape index (κ3) is 7.10. The maximum absolute atomic E-state index is 12.6. The average Bonchev–Trinajstić information content (AvgIpc) is 3.02. The SMILES string of the molecule is Cc1ccc(C)c(NC(=O)COc2ccc(/C=C3\SC(=O)N(CC(=O)OC(C)C)C3=O)cc2Cl)c1. The minimum absolute atomic E-state index is 0.157. The molecule has 1 heterocycles. The third-order valence-corrected chi connectivity index (χ3v) is 6.01. The Labute approximate surface area is 212 Å². The first kappa shape index (κ1) is 26.3. The van der Waals surface area contributed by atoms with Gasteiger partial charge in [0.25, 0.3) is 17.1 Å². The fourth-order valence-corrected chi connectivity index (χ4v) is 4.22. The van der Waals surface area contributed by atoms with E-state index in [0.717, 1.165) is 27.8 Å². The summed E-state index contributed by atoms with van der Waals surface area (Å²) in [4.78, 5) is 49.9. The number of esters is 1. The molecule has 0 aliphatic carbocycles. The van der Waals surface area contributed by atoms with E-state index in [1.165, 1.54) is 6.08 Å². The molecule has 1 saturated heterocycles. The van der Waals surface area contributed by atoms with E-state index in [4.69, 9.17) is 21.1 Å². The Morgan fingerprint density at radius 1 is 1.14 bits per heavy atom. The fraction of sp³-hybridized carbons (Fsp3) is 0.280. The van der Waals surface area contributed by atoms with Gasteiger partial charge in [-0.3, -0.25) is 24.1 Å². The van der Waals surface area contributed by atoms with Gasteiger partial charge in [0, 0.05) is 5.69 Å². The first-order valence-electron chi connectivity index (χ1n) is 10.8. The van der Waals surface area contributed by atoms with Crippen molar-refractivity contribution in [2.45, 2.75) is 33.8 Å². The number of nitrogens with one attached hydrogen (secondary N) is 1. The Kier molecular flexibility index (Phi) is 8.58. The Morgan fingerprint density at radius 3 is 2.57 bits per heavy atom. The number of hydrogen-bond donors (Lipinski definition) is 1. The van der Waals surface area contributed by atoms with Gasteiger partial charge >= 0.3 is 5.97 Å². The van der Waals surface area contributed by atoms with Gasteiger partial charge in [-0.1, -0.05) is 29.8 Å². The summed E-state index contributed by atoms with van der Waals surface area (Å²) in [6.45, 7) is 6.52. The molecule has 2 aromatic carbocycles.